The Balaban J connectivity index is 2.38. The average molecular weight is 190 g/mol. The van der Waals surface area contributed by atoms with Crippen molar-refractivity contribution in [1.82, 2.24) is 0 Å². The normalized spacial score (nSPS) is 17.5. The van der Waals surface area contributed by atoms with Crippen molar-refractivity contribution in [1.29, 1.82) is 0 Å². The molecule has 0 aromatic heterocycles. The van der Waals surface area contributed by atoms with Gasteiger partial charge in [-0.25, -0.2) is 0 Å². The predicted octanol–water partition coefficient (Wildman–Crippen LogP) is 2.82. The van der Waals surface area contributed by atoms with Crippen molar-refractivity contribution in [2.45, 2.75) is 38.5 Å². The van der Waals surface area contributed by atoms with Crippen LogP contribution in [-0.2, 0) is 0 Å². The number of benzene rings is 1. The first-order chi connectivity index (χ1) is 6.70. The van der Waals surface area contributed by atoms with Gasteiger partial charge in [0.05, 0.1) is 11.4 Å². The Hall–Kier alpha value is -1.18. The van der Waals surface area contributed by atoms with E-state index in [-0.39, 0.29) is 0 Å². The lowest BCUT2D eigenvalue weighted by Crippen LogP contribution is -2.04. The van der Waals surface area contributed by atoms with Crippen LogP contribution in [0.2, 0.25) is 0 Å². The molecule has 0 atom stereocenters. The number of nitrogen functional groups attached to an aromatic ring is 2. The Kier molecular flexibility index (Phi) is 2.36. The molecular formula is C12H18N2. The van der Waals surface area contributed by atoms with Gasteiger partial charge >= 0.3 is 0 Å². The van der Waals surface area contributed by atoms with Crippen LogP contribution in [0.3, 0.4) is 0 Å². The van der Waals surface area contributed by atoms with Crippen molar-refractivity contribution >= 4 is 11.4 Å². The minimum absolute atomic E-state index is 0.651. The van der Waals surface area contributed by atoms with E-state index in [1.165, 1.54) is 31.2 Å². The third kappa shape index (κ3) is 1.45. The lowest BCUT2D eigenvalue weighted by molar-refractivity contribution is 0.726. The standard InChI is InChI=1S/C12H18N2/c1-8-6-7-10(12(14)11(8)13)9-4-2-3-5-9/h6-7,9H,2-5,13-14H2,1H3. The molecule has 0 spiro atoms. The molecule has 4 N–H and O–H groups in total. The average Bonchev–Trinajstić information content (AvgIpc) is 2.67. The van der Waals surface area contributed by atoms with Crippen LogP contribution < -0.4 is 11.5 Å². The zero-order valence-corrected chi connectivity index (χ0v) is 8.72. The molecule has 2 heteroatoms. The van der Waals surface area contributed by atoms with E-state index in [1.54, 1.807) is 0 Å². The van der Waals surface area contributed by atoms with E-state index in [0.29, 0.717) is 5.92 Å². The van der Waals surface area contributed by atoms with Crippen LogP contribution in [0.1, 0.15) is 42.7 Å². The second-order valence-electron chi connectivity index (χ2n) is 4.28. The monoisotopic (exact) mass is 190 g/mol. The molecule has 1 aromatic carbocycles. The maximum absolute atomic E-state index is 6.04. The molecular weight excluding hydrogens is 172 g/mol. The van der Waals surface area contributed by atoms with Gasteiger partial charge in [-0.3, -0.25) is 0 Å². The Morgan fingerprint density at radius 3 is 2.36 bits per heavy atom. The largest absolute Gasteiger partial charge is 0.397 e. The van der Waals surface area contributed by atoms with Gasteiger partial charge in [-0.05, 0) is 36.8 Å². The molecule has 1 aliphatic carbocycles. The van der Waals surface area contributed by atoms with Gasteiger partial charge in [0.25, 0.3) is 0 Å². The number of rotatable bonds is 1. The van der Waals surface area contributed by atoms with Crippen LogP contribution in [-0.4, -0.2) is 0 Å². The molecule has 76 valence electrons. The Bertz CT molecular complexity index is 338. The molecule has 2 nitrogen and oxygen atoms in total. The summed E-state index contributed by atoms with van der Waals surface area (Å²) in [4.78, 5) is 0. The summed E-state index contributed by atoms with van der Waals surface area (Å²) < 4.78 is 0. The second kappa shape index (κ2) is 3.52. The number of nitrogens with two attached hydrogens (primary N) is 2. The highest BCUT2D eigenvalue weighted by Crippen LogP contribution is 2.39. The summed E-state index contributed by atoms with van der Waals surface area (Å²) in [7, 11) is 0. The van der Waals surface area contributed by atoms with E-state index < -0.39 is 0 Å². The number of anilines is 2. The van der Waals surface area contributed by atoms with Gasteiger partial charge in [0.1, 0.15) is 0 Å². The summed E-state index contributed by atoms with van der Waals surface area (Å²) in [6.45, 7) is 2.00. The van der Waals surface area contributed by atoms with Crippen LogP contribution in [0.25, 0.3) is 0 Å². The van der Waals surface area contributed by atoms with Gasteiger partial charge in [-0.15, -0.1) is 0 Å². The first-order valence-corrected chi connectivity index (χ1v) is 5.34. The Morgan fingerprint density at radius 1 is 1.07 bits per heavy atom. The molecule has 0 saturated heterocycles. The molecule has 1 fully saturated rings. The van der Waals surface area contributed by atoms with E-state index in [2.05, 4.69) is 12.1 Å². The Morgan fingerprint density at radius 2 is 1.71 bits per heavy atom. The summed E-state index contributed by atoms with van der Waals surface area (Å²) >= 11 is 0. The minimum Gasteiger partial charge on any atom is -0.397 e. The van der Waals surface area contributed by atoms with Crippen molar-refractivity contribution in [3.63, 3.8) is 0 Å². The molecule has 1 aliphatic rings. The van der Waals surface area contributed by atoms with Crippen molar-refractivity contribution in [2.75, 3.05) is 11.5 Å². The minimum atomic E-state index is 0.651. The van der Waals surface area contributed by atoms with Crippen LogP contribution in [0.4, 0.5) is 11.4 Å². The maximum atomic E-state index is 6.04. The molecule has 14 heavy (non-hydrogen) atoms. The van der Waals surface area contributed by atoms with Gasteiger partial charge < -0.3 is 11.5 Å². The lowest BCUT2D eigenvalue weighted by atomic mass is 9.94. The van der Waals surface area contributed by atoms with Crippen LogP contribution in [0, 0.1) is 6.92 Å². The summed E-state index contributed by atoms with van der Waals surface area (Å²) in [5, 5.41) is 0. The predicted molar refractivity (Wildman–Crippen MR) is 61.2 cm³/mol. The molecule has 1 aromatic rings. The molecule has 0 amide bonds. The molecule has 1 saturated carbocycles. The smallest absolute Gasteiger partial charge is 0.0585 e. The molecule has 2 rings (SSSR count). The number of aryl methyl sites for hydroxylation is 1. The van der Waals surface area contributed by atoms with Gasteiger partial charge in [0.15, 0.2) is 0 Å². The Labute approximate surface area is 85.3 Å². The fraction of sp³-hybridized carbons (Fsp3) is 0.500. The molecule has 0 bridgehead atoms. The maximum Gasteiger partial charge on any atom is 0.0585 e. The van der Waals surface area contributed by atoms with Gasteiger partial charge in [-0.1, -0.05) is 25.0 Å². The van der Waals surface area contributed by atoms with Crippen molar-refractivity contribution in [3.8, 4) is 0 Å². The third-order valence-corrected chi connectivity index (χ3v) is 3.33. The summed E-state index contributed by atoms with van der Waals surface area (Å²) in [6, 6.07) is 4.23. The van der Waals surface area contributed by atoms with E-state index in [1.807, 2.05) is 6.92 Å². The molecule has 0 unspecified atom stereocenters. The summed E-state index contributed by atoms with van der Waals surface area (Å²) in [5.74, 6) is 0.651. The topological polar surface area (TPSA) is 52.0 Å². The summed E-state index contributed by atoms with van der Waals surface area (Å²) in [6.07, 6.45) is 5.20. The van der Waals surface area contributed by atoms with Gasteiger partial charge in [0.2, 0.25) is 0 Å². The fourth-order valence-electron chi connectivity index (χ4n) is 2.36. The van der Waals surface area contributed by atoms with Crippen molar-refractivity contribution in [2.24, 2.45) is 0 Å². The highest BCUT2D eigenvalue weighted by Gasteiger charge is 2.20. The van der Waals surface area contributed by atoms with Gasteiger partial charge in [0, 0.05) is 0 Å². The van der Waals surface area contributed by atoms with E-state index in [0.717, 1.165) is 16.9 Å². The molecule has 0 radical (unpaired) electrons. The van der Waals surface area contributed by atoms with Crippen LogP contribution in [0.5, 0.6) is 0 Å². The number of hydrogen-bond donors (Lipinski definition) is 2. The lowest BCUT2D eigenvalue weighted by Gasteiger charge is -2.15. The third-order valence-electron chi connectivity index (χ3n) is 3.33. The van der Waals surface area contributed by atoms with Crippen molar-refractivity contribution < 1.29 is 0 Å². The van der Waals surface area contributed by atoms with Crippen molar-refractivity contribution in [3.05, 3.63) is 23.3 Å². The SMILES string of the molecule is Cc1ccc(C2CCCC2)c(N)c1N. The van der Waals surface area contributed by atoms with E-state index in [4.69, 9.17) is 11.5 Å². The van der Waals surface area contributed by atoms with E-state index >= 15 is 0 Å². The molecule has 0 aliphatic heterocycles. The second-order valence-corrected chi connectivity index (χ2v) is 4.28. The quantitative estimate of drug-likeness (QED) is 0.669. The highest BCUT2D eigenvalue weighted by molar-refractivity contribution is 5.71. The van der Waals surface area contributed by atoms with E-state index in [9.17, 15) is 0 Å². The zero-order chi connectivity index (χ0) is 10.1. The number of hydrogen-bond acceptors (Lipinski definition) is 2. The van der Waals surface area contributed by atoms with Gasteiger partial charge in [-0.2, -0.15) is 0 Å². The first-order valence-electron chi connectivity index (χ1n) is 5.34. The summed E-state index contributed by atoms with van der Waals surface area (Å²) in [5.41, 5.74) is 15.9. The first kappa shape index (κ1) is 9.38. The zero-order valence-electron chi connectivity index (χ0n) is 8.72. The highest BCUT2D eigenvalue weighted by atomic mass is 14.7. The van der Waals surface area contributed by atoms with Crippen LogP contribution in [0.15, 0.2) is 12.1 Å². The van der Waals surface area contributed by atoms with Crippen LogP contribution >= 0.6 is 0 Å². The fourth-order valence-corrected chi connectivity index (χ4v) is 2.36. The molecule has 0 heterocycles.